The van der Waals surface area contributed by atoms with Crippen LogP contribution >= 0.6 is 0 Å². The largest absolute Gasteiger partial charge is 0.330 e. The van der Waals surface area contributed by atoms with Crippen LogP contribution in [-0.2, 0) is 9.47 Å². The Morgan fingerprint density at radius 3 is 2.09 bits per heavy atom. The van der Waals surface area contributed by atoms with E-state index in [1.54, 1.807) is 0 Å². The Balaban J connectivity index is 2.43. The lowest BCUT2D eigenvalue weighted by Crippen LogP contribution is -2.57. The van der Waals surface area contributed by atoms with Crippen molar-refractivity contribution >= 4 is 0 Å². The van der Waals surface area contributed by atoms with Crippen molar-refractivity contribution in [2.45, 2.75) is 39.8 Å². The molecule has 0 aliphatic carbocycles. The summed E-state index contributed by atoms with van der Waals surface area (Å²) in [7, 11) is 0. The molecular weight excluding hydrogens is 142 g/mol. The third-order valence-corrected chi connectivity index (χ3v) is 1.95. The maximum absolute atomic E-state index is 5.55. The molecule has 3 heteroatoms. The van der Waals surface area contributed by atoms with Gasteiger partial charge in [-0.15, -0.1) is 0 Å². The quantitative estimate of drug-likeness (QED) is 0.655. The highest BCUT2D eigenvalue weighted by molar-refractivity contribution is 4.81. The molecule has 1 aliphatic rings. The highest BCUT2D eigenvalue weighted by atomic mass is 16.9. The van der Waals surface area contributed by atoms with Gasteiger partial charge in [-0.25, -0.2) is 0 Å². The van der Waals surface area contributed by atoms with Crippen LogP contribution in [0.2, 0.25) is 0 Å². The van der Waals surface area contributed by atoms with Crippen LogP contribution in [0.4, 0.5) is 0 Å². The molecular formula is C8H17NO2. The molecule has 1 heterocycles. The van der Waals surface area contributed by atoms with Gasteiger partial charge in [0.15, 0.2) is 12.1 Å². The number of ether oxygens (including phenoxy) is 2. The van der Waals surface area contributed by atoms with Crippen molar-refractivity contribution in [3.8, 4) is 0 Å². The first kappa shape index (κ1) is 8.97. The van der Waals surface area contributed by atoms with E-state index >= 15 is 0 Å². The van der Waals surface area contributed by atoms with Gasteiger partial charge in [0.25, 0.3) is 0 Å². The van der Waals surface area contributed by atoms with Crippen LogP contribution in [-0.4, -0.2) is 18.6 Å². The van der Waals surface area contributed by atoms with E-state index in [1.165, 1.54) is 0 Å². The van der Waals surface area contributed by atoms with Gasteiger partial charge < -0.3 is 15.2 Å². The molecule has 0 spiro atoms. The Kier molecular flexibility index (Phi) is 1.99. The lowest BCUT2D eigenvalue weighted by molar-refractivity contribution is -0.460. The molecule has 1 aliphatic heterocycles. The Morgan fingerprint density at radius 1 is 1.36 bits per heavy atom. The first-order valence-corrected chi connectivity index (χ1v) is 3.93. The van der Waals surface area contributed by atoms with Gasteiger partial charge in [0.2, 0.25) is 0 Å². The summed E-state index contributed by atoms with van der Waals surface area (Å²) in [4.78, 5) is 0. The Hall–Kier alpha value is -0.120. The summed E-state index contributed by atoms with van der Waals surface area (Å²) in [5.41, 5.74) is 5.47. The molecule has 2 N–H and O–H groups in total. The zero-order valence-corrected chi connectivity index (χ0v) is 7.68. The standard InChI is InChI=1S/C8H17NO2/c1-7(2,5-9)6-10-8(3,4)11-6/h6H,5,9H2,1-4H3. The highest BCUT2D eigenvalue weighted by Gasteiger charge is 2.46. The minimum absolute atomic E-state index is 0.0739. The molecule has 1 fully saturated rings. The second kappa shape index (κ2) is 2.44. The number of hydrogen-bond donors (Lipinski definition) is 1. The van der Waals surface area contributed by atoms with Gasteiger partial charge in [-0.1, -0.05) is 13.8 Å². The summed E-state index contributed by atoms with van der Waals surface area (Å²) in [6.45, 7) is 8.44. The van der Waals surface area contributed by atoms with E-state index < -0.39 is 5.79 Å². The first-order chi connectivity index (χ1) is 4.87. The lowest BCUT2D eigenvalue weighted by Gasteiger charge is -2.49. The summed E-state index contributed by atoms with van der Waals surface area (Å²) in [5, 5.41) is 0. The Labute approximate surface area is 67.9 Å². The molecule has 0 atom stereocenters. The maximum Gasteiger partial charge on any atom is 0.170 e. The lowest BCUT2D eigenvalue weighted by atomic mass is 9.91. The van der Waals surface area contributed by atoms with Crippen LogP contribution in [0.1, 0.15) is 27.7 Å². The minimum Gasteiger partial charge on any atom is -0.330 e. The second-order valence-corrected chi connectivity index (χ2v) is 4.16. The number of rotatable bonds is 2. The molecule has 0 saturated carbocycles. The van der Waals surface area contributed by atoms with Crippen molar-refractivity contribution in [3.63, 3.8) is 0 Å². The molecule has 0 radical (unpaired) electrons. The molecule has 0 unspecified atom stereocenters. The molecule has 0 bridgehead atoms. The zero-order valence-electron chi connectivity index (χ0n) is 7.68. The van der Waals surface area contributed by atoms with Crippen LogP contribution < -0.4 is 5.73 Å². The van der Waals surface area contributed by atoms with Crippen molar-refractivity contribution in [1.29, 1.82) is 0 Å². The van der Waals surface area contributed by atoms with Crippen molar-refractivity contribution in [1.82, 2.24) is 0 Å². The summed E-state index contributed by atoms with van der Waals surface area (Å²) in [6, 6.07) is 0. The summed E-state index contributed by atoms with van der Waals surface area (Å²) >= 11 is 0. The Morgan fingerprint density at radius 2 is 1.82 bits per heavy atom. The minimum atomic E-state index is -0.406. The van der Waals surface area contributed by atoms with Gasteiger partial charge in [-0.05, 0) is 13.8 Å². The van der Waals surface area contributed by atoms with E-state index in [1.807, 2.05) is 27.7 Å². The van der Waals surface area contributed by atoms with Crippen molar-refractivity contribution < 1.29 is 9.47 Å². The average molecular weight is 159 g/mol. The summed E-state index contributed by atoms with van der Waals surface area (Å²) in [5.74, 6) is -0.406. The highest BCUT2D eigenvalue weighted by Crippen LogP contribution is 2.38. The first-order valence-electron chi connectivity index (χ1n) is 3.93. The second-order valence-electron chi connectivity index (χ2n) is 4.16. The summed E-state index contributed by atoms with van der Waals surface area (Å²) < 4.78 is 11.0. The molecule has 3 nitrogen and oxygen atoms in total. The van der Waals surface area contributed by atoms with Gasteiger partial charge in [0.1, 0.15) is 0 Å². The predicted octanol–water partition coefficient (Wildman–Crippen LogP) is 1.08. The van der Waals surface area contributed by atoms with E-state index in [0.29, 0.717) is 6.54 Å². The fourth-order valence-corrected chi connectivity index (χ4v) is 0.940. The molecule has 66 valence electrons. The fourth-order valence-electron chi connectivity index (χ4n) is 0.940. The molecule has 0 aromatic rings. The van der Waals surface area contributed by atoms with Crippen LogP contribution in [0.5, 0.6) is 0 Å². The van der Waals surface area contributed by atoms with Gasteiger partial charge in [-0.2, -0.15) is 0 Å². The van der Waals surface area contributed by atoms with Crippen molar-refractivity contribution in [2.75, 3.05) is 6.54 Å². The molecule has 0 aromatic carbocycles. The smallest absolute Gasteiger partial charge is 0.170 e. The molecule has 0 aromatic heterocycles. The average Bonchev–Trinajstić information content (AvgIpc) is 1.83. The third kappa shape index (κ3) is 1.72. The van der Waals surface area contributed by atoms with Gasteiger partial charge in [-0.3, -0.25) is 0 Å². The number of nitrogens with two attached hydrogens (primary N) is 1. The molecule has 1 rings (SSSR count). The SMILES string of the molecule is CC1(C)OC(C(C)(C)CN)O1. The third-order valence-electron chi connectivity index (χ3n) is 1.95. The van der Waals surface area contributed by atoms with Crippen LogP contribution in [0.25, 0.3) is 0 Å². The monoisotopic (exact) mass is 159 g/mol. The van der Waals surface area contributed by atoms with Crippen molar-refractivity contribution in [3.05, 3.63) is 0 Å². The van der Waals surface area contributed by atoms with Gasteiger partial charge in [0, 0.05) is 12.0 Å². The predicted molar refractivity (Wildman–Crippen MR) is 42.9 cm³/mol. The normalized spacial score (nSPS) is 24.8. The van der Waals surface area contributed by atoms with Crippen molar-refractivity contribution in [2.24, 2.45) is 11.1 Å². The van der Waals surface area contributed by atoms with Crippen LogP contribution in [0, 0.1) is 5.41 Å². The van der Waals surface area contributed by atoms with E-state index in [4.69, 9.17) is 15.2 Å². The Bertz CT molecular complexity index is 146. The molecule has 1 saturated heterocycles. The van der Waals surface area contributed by atoms with E-state index in [9.17, 15) is 0 Å². The topological polar surface area (TPSA) is 44.5 Å². The van der Waals surface area contributed by atoms with E-state index in [2.05, 4.69) is 0 Å². The van der Waals surface area contributed by atoms with E-state index in [0.717, 1.165) is 0 Å². The number of hydrogen-bond acceptors (Lipinski definition) is 3. The van der Waals surface area contributed by atoms with Gasteiger partial charge in [0.05, 0.1) is 0 Å². The fraction of sp³-hybridized carbons (Fsp3) is 1.00. The summed E-state index contributed by atoms with van der Waals surface area (Å²) in [6.07, 6.45) is -0.137. The zero-order chi connectivity index (χ0) is 8.70. The maximum atomic E-state index is 5.55. The van der Waals surface area contributed by atoms with Crippen LogP contribution in [0.15, 0.2) is 0 Å². The molecule has 0 amide bonds. The molecule has 11 heavy (non-hydrogen) atoms. The van der Waals surface area contributed by atoms with E-state index in [-0.39, 0.29) is 11.7 Å². The van der Waals surface area contributed by atoms with Gasteiger partial charge >= 0.3 is 0 Å². The van der Waals surface area contributed by atoms with Crippen LogP contribution in [0.3, 0.4) is 0 Å².